The molecule has 0 radical (unpaired) electrons. The van der Waals surface area contributed by atoms with Crippen LogP contribution in [0.1, 0.15) is 20.9 Å². The van der Waals surface area contributed by atoms with Crippen molar-refractivity contribution in [1.29, 1.82) is 0 Å². The highest BCUT2D eigenvalue weighted by atomic mass is 32.1. The molecule has 0 amide bonds. The molecule has 1 N–H and O–H groups in total. The molecule has 3 rings (SSSR count). The number of carboxylic acid groups (broad SMARTS) is 1. The number of aromatic nitrogens is 2. The fraction of sp³-hybridized carbons (Fsp3) is 0.200. The van der Waals surface area contributed by atoms with Gasteiger partial charge in [0.15, 0.2) is 0 Å². The van der Waals surface area contributed by atoms with Crippen molar-refractivity contribution < 1.29 is 9.90 Å². The molecule has 0 fully saturated rings. The maximum Gasteiger partial charge on any atom is 0.337 e. The Hall–Kier alpha value is -2.14. The number of hydrogen-bond acceptors (Lipinski definition) is 3. The van der Waals surface area contributed by atoms with Gasteiger partial charge in [-0.15, -0.1) is 11.3 Å². The van der Waals surface area contributed by atoms with Crippen molar-refractivity contribution in [3.05, 3.63) is 52.1 Å². The molecule has 0 spiro atoms. The van der Waals surface area contributed by atoms with E-state index in [2.05, 4.69) is 4.98 Å². The number of hydrogen-bond donors (Lipinski definition) is 1. The van der Waals surface area contributed by atoms with Crippen LogP contribution in [0.4, 0.5) is 0 Å². The molecule has 0 aliphatic carbocycles. The molecule has 0 unspecified atom stereocenters. The summed E-state index contributed by atoms with van der Waals surface area (Å²) in [6.07, 6.45) is 2.82. The van der Waals surface area contributed by atoms with E-state index in [9.17, 15) is 9.90 Å². The van der Waals surface area contributed by atoms with E-state index in [1.54, 1.807) is 23.5 Å². The number of aryl methyl sites for hydroxylation is 3. The van der Waals surface area contributed by atoms with E-state index in [4.69, 9.17) is 0 Å². The smallest absolute Gasteiger partial charge is 0.337 e. The number of nitrogens with zero attached hydrogens (tertiary/aromatic N) is 2. The Balaban J connectivity index is 1.96. The van der Waals surface area contributed by atoms with Crippen molar-refractivity contribution in [2.75, 3.05) is 0 Å². The molecule has 20 heavy (non-hydrogen) atoms. The summed E-state index contributed by atoms with van der Waals surface area (Å²) in [5.41, 5.74) is 4.06. The molecule has 0 bridgehead atoms. The second-order valence-electron chi connectivity index (χ2n) is 4.67. The van der Waals surface area contributed by atoms with Crippen LogP contribution in [-0.4, -0.2) is 20.6 Å². The van der Waals surface area contributed by atoms with Crippen molar-refractivity contribution in [3.63, 3.8) is 0 Å². The zero-order chi connectivity index (χ0) is 14.1. The third-order valence-corrected chi connectivity index (χ3v) is 4.44. The highest BCUT2D eigenvalue weighted by Crippen LogP contribution is 2.22. The number of rotatable bonds is 4. The summed E-state index contributed by atoms with van der Waals surface area (Å²) in [5.74, 6) is -0.885. The van der Waals surface area contributed by atoms with Gasteiger partial charge in [0.25, 0.3) is 0 Å². The molecule has 2 heterocycles. The number of carboxylic acids is 1. The average molecular weight is 286 g/mol. The lowest BCUT2D eigenvalue weighted by atomic mass is 10.1. The average Bonchev–Trinajstić information content (AvgIpc) is 3.02. The van der Waals surface area contributed by atoms with Gasteiger partial charge in [-0.25, -0.2) is 9.78 Å². The highest BCUT2D eigenvalue weighted by Gasteiger charge is 2.12. The summed E-state index contributed by atoms with van der Waals surface area (Å²) in [4.78, 5) is 16.8. The summed E-state index contributed by atoms with van der Waals surface area (Å²) < 4.78 is 2.01. The number of thiazole rings is 1. The molecule has 3 aromatic rings. The summed E-state index contributed by atoms with van der Waals surface area (Å²) in [6.45, 7) is 2.76. The van der Waals surface area contributed by atoms with Crippen LogP contribution in [0.2, 0.25) is 0 Å². The Morgan fingerprint density at radius 3 is 2.95 bits per heavy atom. The Morgan fingerprint density at radius 2 is 2.25 bits per heavy atom. The van der Waals surface area contributed by atoms with E-state index in [0.29, 0.717) is 5.56 Å². The first kappa shape index (κ1) is 12.9. The van der Waals surface area contributed by atoms with Gasteiger partial charge in [0.05, 0.1) is 22.3 Å². The van der Waals surface area contributed by atoms with Crippen LogP contribution in [-0.2, 0) is 13.0 Å². The lowest BCUT2D eigenvalue weighted by Gasteiger charge is -2.07. The SMILES string of the molecule is Cc1ncsc1CCn1ccc2cccc(C(=O)O)c21. The predicted octanol–water partition coefficient (Wildman–Crippen LogP) is 3.35. The normalized spacial score (nSPS) is 11.1. The number of aromatic carboxylic acids is 1. The summed E-state index contributed by atoms with van der Waals surface area (Å²) in [7, 11) is 0. The Labute approximate surface area is 120 Å². The first-order chi connectivity index (χ1) is 9.66. The minimum atomic E-state index is -0.885. The number of benzene rings is 1. The molecule has 5 heteroatoms. The molecule has 1 aromatic carbocycles. The van der Waals surface area contributed by atoms with Crippen molar-refractivity contribution in [2.24, 2.45) is 0 Å². The molecule has 102 valence electrons. The molecule has 0 saturated carbocycles. The first-order valence-corrected chi connectivity index (χ1v) is 7.25. The zero-order valence-corrected chi connectivity index (χ0v) is 11.9. The molecule has 0 saturated heterocycles. The molecule has 0 aliphatic heterocycles. The maximum absolute atomic E-state index is 11.3. The van der Waals surface area contributed by atoms with E-state index in [-0.39, 0.29) is 0 Å². The minimum absolute atomic E-state index is 0.355. The Kier molecular flexibility index (Phi) is 3.28. The van der Waals surface area contributed by atoms with Crippen LogP contribution in [0.5, 0.6) is 0 Å². The van der Waals surface area contributed by atoms with Crippen molar-refractivity contribution in [3.8, 4) is 0 Å². The summed E-state index contributed by atoms with van der Waals surface area (Å²) in [5, 5.41) is 10.3. The van der Waals surface area contributed by atoms with Gasteiger partial charge in [-0.05, 0) is 19.1 Å². The van der Waals surface area contributed by atoms with Gasteiger partial charge in [-0.2, -0.15) is 0 Å². The molecule has 0 atom stereocenters. The third kappa shape index (κ3) is 2.20. The third-order valence-electron chi connectivity index (χ3n) is 3.44. The maximum atomic E-state index is 11.3. The van der Waals surface area contributed by atoms with Gasteiger partial charge in [-0.1, -0.05) is 12.1 Å². The molecular formula is C15H14N2O2S. The van der Waals surface area contributed by atoms with E-state index in [1.807, 2.05) is 35.3 Å². The van der Waals surface area contributed by atoms with E-state index in [0.717, 1.165) is 29.6 Å². The monoisotopic (exact) mass is 286 g/mol. The van der Waals surface area contributed by atoms with Gasteiger partial charge in [-0.3, -0.25) is 0 Å². The van der Waals surface area contributed by atoms with Crippen molar-refractivity contribution >= 4 is 28.2 Å². The van der Waals surface area contributed by atoms with Crippen LogP contribution in [0.3, 0.4) is 0 Å². The summed E-state index contributed by atoms with van der Waals surface area (Å²) in [6, 6.07) is 7.33. The number of para-hydroxylation sites is 1. The van der Waals surface area contributed by atoms with Crippen LogP contribution >= 0.6 is 11.3 Å². The quantitative estimate of drug-likeness (QED) is 0.800. The Bertz CT molecular complexity index is 773. The molecular weight excluding hydrogens is 272 g/mol. The van der Waals surface area contributed by atoms with Gasteiger partial charge >= 0.3 is 5.97 Å². The zero-order valence-electron chi connectivity index (χ0n) is 11.0. The summed E-state index contributed by atoms with van der Waals surface area (Å²) >= 11 is 1.65. The second-order valence-corrected chi connectivity index (χ2v) is 5.61. The number of carbonyl (C=O) groups is 1. The fourth-order valence-corrected chi connectivity index (χ4v) is 3.18. The molecule has 0 aliphatic rings. The van der Waals surface area contributed by atoms with Crippen molar-refractivity contribution in [2.45, 2.75) is 19.9 Å². The standard InChI is InChI=1S/C15H14N2O2S/c1-10-13(20-9-16-10)6-8-17-7-5-11-3-2-4-12(14(11)17)15(18)19/h2-5,7,9H,6,8H2,1H3,(H,18,19). The van der Waals surface area contributed by atoms with Crippen LogP contribution in [0.25, 0.3) is 10.9 Å². The lowest BCUT2D eigenvalue weighted by molar-refractivity contribution is 0.0698. The van der Waals surface area contributed by atoms with Gasteiger partial charge in [0, 0.05) is 29.4 Å². The topological polar surface area (TPSA) is 55.1 Å². The van der Waals surface area contributed by atoms with Crippen LogP contribution in [0, 0.1) is 6.92 Å². The lowest BCUT2D eigenvalue weighted by Crippen LogP contribution is -2.05. The minimum Gasteiger partial charge on any atom is -0.478 e. The van der Waals surface area contributed by atoms with E-state index in [1.165, 1.54) is 4.88 Å². The second kappa shape index (κ2) is 5.09. The van der Waals surface area contributed by atoms with E-state index < -0.39 is 5.97 Å². The van der Waals surface area contributed by atoms with Crippen LogP contribution in [0.15, 0.2) is 36.0 Å². The van der Waals surface area contributed by atoms with Crippen LogP contribution < -0.4 is 0 Å². The number of fused-ring (bicyclic) bond motifs is 1. The van der Waals surface area contributed by atoms with Gasteiger partial charge < -0.3 is 9.67 Å². The van der Waals surface area contributed by atoms with Crippen molar-refractivity contribution in [1.82, 2.24) is 9.55 Å². The van der Waals surface area contributed by atoms with E-state index >= 15 is 0 Å². The highest BCUT2D eigenvalue weighted by molar-refractivity contribution is 7.09. The largest absolute Gasteiger partial charge is 0.478 e. The molecule has 2 aromatic heterocycles. The fourth-order valence-electron chi connectivity index (χ4n) is 2.41. The molecule has 4 nitrogen and oxygen atoms in total. The van der Waals surface area contributed by atoms with Gasteiger partial charge in [0.1, 0.15) is 0 Å². The first-order valence-electron chi connectivity index (χ1n) is 6.37. The predicted molar refractivity (Wildman–Crippen MR) is 79.5 cm³/mol. The Morgan fingerprint density at radius 1 is 1.40 bits per heavy atom. The van der Waals surface area contributed by atoms with Gasteiger partial charge in [0.2, 0.25) is 0 Å².